The van der Waals surface area contributed by atoms with Gasteiger partial charge in [0, 0.05) is 35.5 Å². The fraction of sp³-hybridized carbons (Fsp3) is 0.259. The Morgan fingerprint density at radius 1 is 0.743 bits per heavy atom. The zero-order chi connectivity index (χ0) is 23.0. The smallest absolute Gasteiger partial charge is 0.229 e. The van der Waals surface area contributed by atoms with E-state index in [0.29, 0.717) is 5.95 Å². The van der Waals surface area contributed by atoms with Gasteiger partial charge in [0.15, 0.2) is 0 Å². The Morgan fingerprint density at radius 2 is 1.34 bits per heavy atom. The van der Waals surface area contributed by atoms with E-state index in [1.807, 2.05) is 48.5 Å². The Labute approximate surface area is 220 Å². The van der Waals surface area contributed by atoms with E-state index in [4.69, 9.17) is 14.7 Å². The molecular formula is C27H33Cl2N5O. The van der Waals surface area contributed by atoms with Gasteiger partial charge in [-0.2, -0.15) is 4.98 Å². The molecule has 8 heteroatoms. The molecule has 3 aromatic carbocycles. The van der Waals surface area contributed by atoms with Crippen molar-refractivity contribution in [2.45, 2.75) is 26.7 Å². The van der Waals surface area contributed by atoms with Gasteiger partial charge in [-0.05, 0) is 73.5 Å². The topological polar surface area (TPSA) is 62.3 Å². The Morgan fingerprint density at radius 3 is 1.97 bits per heavy atom. The molecule has 0 unspecified atom stereocenters. The van der Waals surface area contributed by atoms with Crippen LogP contribution in [0.1, 0.15) is 26.7 Å². The number of nitrogens with one attached hydrogen (secondary N) is 2. The lowest BCUT2D eigenvalue weighted by atomic mass is 10.2. The Bertz CT molecular complexity index is 1180. The molecule has 0 aliphatic rings. The van der Waals surface area contributed by atoms with Gasteiger partial charge in [0.25, 0.3) is 0 Å². The molecule has 0 aliphatic carbocycles. The number of fused-ring (bicyclic) bond motifs is 1. The Hall–Kier alpha value is -3.22. The van der Waals surface area contributed by atoms with Crippen LogP contribution in [0.3, 0.4) is 0 Å². The minimum atomic E-state index is 0. The van der Waals surface area contributed by atoms with Gasteiger partial charge in [0.05, 0.1) is 12.6 Å². The molecule has 2 N–H and O–H groups in total. The van der Waals surface area contributed by atoms with E-state index in [9.17, 15) is 0 Å². The monoisotopic (exact) mass is 513 g/mol. The molecular weight excluding hydrogens is 481 g/mol. The first-order valence-corrected chi connectivity index (χ1v) is 11.5. The van der Waals surface area contributed by atoms with Crippen molar-refractivity contribution in [3.05, 3.63) is 72.8 Å². The molecule has 1 aromatic heterocycles. The summed E-state index contributed by atoms with van der Waals surface area (Å²) in [5, 5.41) is 7.76. The average molecular weight is 515 g/mol. The highest BCUT2D eigenvalue weighted by molar-refractivity contribution is 5.92. The fourth-order valence-corrected chi connectivity index (χ4v) is 3.83. The lowest BCUT2D eigenvalue weighted by Crippen LogP contribution is -2.24. The van der Waals surface area contributed by atoms with Crippen LogP contribution in [0.2, 0.25) is 0 Å². The molecule has 0 spiro atoms. The van der Waals surface area contributed by atoms with Gasteiger partial charge in [-0.3, -0.25) is 0 Å². The van der Waals surface area contributed by atoms with Crippen LogP contribution in [0.4, 0.5) is 28.8 Å². The third kappa shape index (κ3) is 7.13. The summed E-state index contributed by atoms with van der Waals surface area (Å²) >= 11 is 0. The number of anilines is 5. The number of nitrogens with zero attached hydrogens (tertiary/aromatic N) is 3. The molecule has 0 fully saturated rings. The van der Waals surface area contributed by atoms with Gasteiger partial charge < -0.3 is 20.3 Å². The van der Waals surface area contributed by atoms with Crippen LogP contribution in [0.5, 0.6) is 5.75 Å². The van der Waals surface area contributed by atoms with Crippen molar-refractivity contribution < 1.29 is 4.74 Å². The molecule has 4 aromatic rings. The van der Waals surface area contributed by atoms with Gasteiger partial charge >= 0.3 is 0 Å². The highest BCUT2D eigenvalue weighted by atomic mass is 35.5. The Balaban J connectivity index is 0.00000216. The maximum Gasteiger partial charge on any atom is 0.229 e. The summed E-state index contributed by atoms with van der Waals surface area (Å²) in [6.45, 7) is 6.56. The number of hydrogen-bond acceptors (Lipinski definition) is 6. The molecule has 0 amide bonds. The van der Waals surface area contributed by atoms with Crippen LogP contribution in [0, 0.1) is 0 Å². The van der Waals surface area contributed by atoms with Crippen LogP contribution in [0.15, 0.2) is 72.8 Å². The van der Waals surface area contributed by atoms with E-state index in [-0.39, 0.29) is 24.8 Å². The largest absolute Gasteiger partial charge is 0.497 e. The standard InChI is InChI=1S/C27H31N5O.2ClH/c1-4-18-32(19-5-2)22-14-10-21(11-15-22)29-27-30-25-9-7-6-8-24(25)26(31-27)28-20-12-16-23(33-3)17-13-20;;/h6-17H,4-5,18-19H2,1-3H3,(H2,28,29,30,31);2*1H. The molecule has 6 nitrogen and oxygen atoms in total. The Kier molecular flexibility index (Phi) is 10.9. The average Bonchev–Trinajstić information content (AvgIpc) is 2.85. The van der Waals surface area contributed by atoms with Crippen LogP contribution in [-0.4, -0.2) is 30.2 Å². The molecule has 0 aliphatic heterocycles. The molecule has 35 heavy (non-hydrogen) atoms. The lowest BCUT2D eigenvalue weighted by molar-refractivity contribution is 0.415. The molecule has 1 heterocycles. The molecule has 0 saturated carbocycles. The van der Waals surface area contributed by atoms with Crippen molar-refractivity contribution in [3.63, 3.8) is 0 Å². The maximum atomic E-state index is 5.26. The predicted molar refractivity (Wildman–Crippen MR) is 153 cm³/mol. The number of para-hydroxylation sites is 1. The second kappa shape index (κ2) is 13.6. The maximum absolute atomic E-state index is 5.26. The van der Waals surface area contributed by atoms with Gasteiger partial charge in [0.1, 0.15) is 11.6 Å². The quantitative estimate of drug-likeness (QED) is 0.227. The summed E-state index contributed by atoms with van der Waals surface area (Å²) in [5.41, 5.74) is 4.00. The highest BCUT2D eigenvalue weighted by Crippen LogP contribution is 2.28. The zero-order valence-electron chi connectivity index (χ0n) is 20.3. The third-order valence-corrected chi connectivity index (χ3v) is 5.43. The molecule has 0 radical (unpaired) electrons. The van der Waals surface area contributed by atoms with Gasteiger partial charge in [-0.15, -0.1) is 24.8 Å². The predicted octanol–water partition coefficient (Wildman–Crippen LogP) is 7.60. The number of methoxy groups -OCH3 is 1. The van der Waals surface area contributed by atoms with E-state index < -0.39 is 0 Å². The van der Waals surface area contributed by atoms with Crippen LogP contribution >= 0.6 is 24.8 Å². The molecule has 186 valence electrons. The highest BCUT2D eigenvalue weighted by Gasteiger charge is 2.10. The summed E-state index contributed by atoms with van der Waals surface area (Å²) in [6, 6.07) is 24.3. The van der Waals surface area contributed by atoms with E-state index >= 15 is 0 Å². The minimum absolute atomic E-state index is 0. The number of hydrogen-bond donors (Lipinski definition) is 2. The number of benzene rings is 3. The first kappa shape index (κ1) is 28.0. The first-order valence-electron chi connectivity index (χ1n) is 11.5. The van der Waals surface area contributed by atoms with Crippen LogP contribution in [0.25, 0.3) is 10.9 Å². The molecule has 4 rings (SSSR count). The van der Waals surface area contributed by atoms with Crippen molar-refractivity contribution in [1.29, 1.82) is 0 Å². The zero-order valence-corrected chi connectivity index (χ0v) is 22.0. The number of ether oxygens (including phenoxy) is 1. The minimum Gasteiger partial charge on any atom is -0.497 e. The number of aromatic nitrogens is 2. The number of halogens is 2. The van der Waals surface area contributed by atoms with Crippen molar-refractivity contribution >= 4 is 64.5 Å². The summed E-state index contributed by atoms with van der Waals surface area (Å²) < 4.78 is 5.26. The summed E-state index contributed by atoms with van der Waals surface area (Å²) in [5.74, 6) is 2.12. The normalized spacial score (nSPS) is 10.1. The second-order valence-corrected chi connectivity index (χ2v) is 7.93. The third-order valence-electron chi connectivity index (χ3n) is 5.43. The SMILES string of the molecule is CCCN(CCC)c1ccc(Nc2nc(Nc3ccc(OC)cc3)c3ccccc3n2)cc1.Cl.Cl. The van der Waals surface area contributed by atoms with Crippen LogP contribution in [-0.2, 0) is 0 Å². The summed E-state index contributed by atoms with van der Waals surface area (Å²) in [6.07, 6.45) is 2.27. The van der Waals surface area contributed by atoms with Crippen LogP contribution < -0.4 is 20.3 Å². The van der Waals surface area contributed by atoms with E-state index in [1.54, 1.807) is 7.11 Å². The van der Waals surface area contributed by atoms with Gasteiger partial charge in [-0.25, -0.2) is 4.98 Å². The second-order valence-electron chi connectivity index (χ2n) is 7.93. The van der Waals surface area contributed by atoms with Crippen molar-refractivity contribution in [3.8, 4) is 5.75 Å². The van der Waals surface area contributed by atoms with Crippen molar-refractivity contribution in [2.24, 2.45) is 0 Å². The van der Waals surface area contributed by atoms with Gasteiger partial charge in [0.2, 0.25) is 5.95 Å². The fourth-order valence-electron chi connectivity index (χ4n) is 3.83. The van der Waals surface area contributed by atoms with Crippen molar-refractivity contribution in [2.75, 3.05) is 35.7 Å². The van der Waals surface area contributed by atoms with Crippen molar-refractivity contribution in [1.82, 2.24) is 9.97 Å². The molecule has 0 atom stereocenters. The van der Waals surface area contributed by atoms with E-state index in [1.165, 1.54) is 5.69 Å². The summed E-state index contributed by atoms with van der Waals surface area (Å²) in [4.78, 5) is 11.9. The number of rotatable bonds is 10. The van der Waals surface area contributed by atoms with E-state index in [2.05, 4.69) is 53.6 Å². The molecule has 0 saturated heterocycles. The summed E-state index contributed by atoms with van der Waals surface area (Å²) in [7, 11) is 1.66. The lowest BCUT2D eigenvalue weighted by Gasteiger charge is -2.24. The van der Waals surface area contributed by atoms with E-state index in [0.717, 1.165) is 59.8 Å². The van der Waals surface area contributed by atoms with Gasteiger partial charge in [-0.1, -0.05) is 26.0 Å². The first-order chi connectivity index (χ1) is 16.2. The molecule has 0 bridgehead atoms.